The minimum atomic E-state index is -5.82. The maximum Gasteiger partial charge on any atom is 0.399 e. The molecule has 0 saturated heterocycles. The Labute approximate surface area is 272 Å². The summed E-state index contributed by atoms with van der Waals surface area (Å²) in [6, 6.07) is 21.0. The third-order valence-electron chi connectivity index (χ3n) is 6.20. The summed E-state index contributed by atoms with van der Waals surface area (Å²) < 4.78 is 47.4. The van der Waals surface area contributed by atoms with Gasteiger partial charge in [0.05, 0.1) is 38.4 Å². The van der Waals surface area contributed by atoms with Gasteiger partial charge in [-0.1, -0.05) is 76.5 Å². The van der Waals surface area contributed by atoms with E-state index in [-0.39, 0.29) is 17.1 Å². The standard InChI is InChI=1S/C29H19Cl3F2N3O6PS/c30-23-10-8-19(14-25(23)32)35-28-37(15-16-7-9-22(24(31)11-16)29(33,34)44(40,41)42)36-26(45-28)17-3-1-5-20(12-17)43-21-6-2-4-18(13-21)27(38)39/h1-14H,15H2,(H,38,39)(H2,40,41,42)/b35-28+. The lowest BCUT2D eigenvalue weighted by molar-refractivity contribution is 0.0565. The van der Waals surface area contributed by atoms with Gasteiger partial charge in [0, 0.05) is 5.56 Å². The number of nitrogens with zero attached hydrogens (tertiary/aromatic N) is 3. The van der Waals surface area contributed by atoms with Crippen molar-refractivity contribution < 1.29 is 37.8 Å². The molecule has 1 aromatic heterocycles. The van der Waals surface area contributed by atoms with Crippen molar-refractivity contribution in [2.45, 2.75) is 12.2 Å². The summed E-state index contributed by atoms with van der Waals surface area (Å²) in [6.45, 7) is -0.00366. The van der Waals surface area contributed by atoms with Gasteiger partial charge in [-0.3, -0.25) is 4.57 Å². The molecule has 0 fully saturated rings. The summed E-state index contributed by atoms with van der Waals surface area (Å²) in [5.41, 5.74) is -3.93. The van der Waals surface area contributed by atoms with Crippen molar-refractivity contribution in [2.24, 2.45) is 4.99 Å². The zero-order chi connectivity index (χ0) is 32.5. The Morgan fingerprint density at radius 3 is 2.31 bits per heavy atom. The highest BCUT2D eigenvalue weighted by molar-refractivity contribution is 7.52. The van der Waals surface area contributed by atoms with Crippen LogP contribution in [0.5, 0.6) is 11.5 Å². The van der Waals surface area contributed by atoms with Crippen LogP contribution in [0.2, 0.25) is 15.1 Å². The number of hydrogen-bond acceptors (Lipinski definition) is 6. The van der Waals surface area contributed by atoms with Crippen molar-refractivity contribution in [2.75, 3.05) is 0 Å². The fraction of sp³-hybridized carbons (Fsp3) is 0.0690. The highest BCUT2D eigenvalue weighted by Gasteiger charge is 2.51. The van der Waals surface area contributed by atoms with E-state index in [0.717, 1.165) is 6.07 Å². The molecule has 0 aliphatic rings. The summed E-state index contributed by atoms with van der Waals surface area (Å²) in [5, 5.41) is 14.5. The second kappa shape index (κ2) is 13.0. The van der Waals surface area contributed by atoms with Crippen LogP contribution >= 0.6 is 53.7 Å². The third-order valence-corrected chi connectivity index (χ3v) is 9.22. The molecule has 4 aromatic carbocycles. The number of hydrogen-bond donors (Lipinski definition) is 3. The minimum Gasteiger partial charge on any atom is -0.478 e. The number of ether oxygens (including phenoxy) is 1. The second-order valence-electron chi connectivity index (χ2n) is 9.42. The van der Waals surface area contributed by atoms with E-state index in [1.807, 2.05) is 0 Å². The van der Waals surface area contributed by atoms with Gasteiger partial charge in [0.2, 0.25) is 4.80 Å². The Kier molecular flexibility index (Phi) is 9.48. The molecule has 0 aliphatic heterocycles. The van der Waals surface area contributed by atoms with Crippen molar-refractivity contribution in [3.63, 3.8) is 0 Å². The van der Waals surface area contributed by atoms with Crippen LogP contribution in [-0.4, -0.2) is 30.6 Å². The lowest BCUT2D eigenvalue weighted by atomic mass is 10.1. The molecule has 16 heteroatoms. The highest BCUT2D eigenvalue weighted by Crippen LogP contribution is 2.60. The Morgan fingerprint density at radius 2 is 1.64 bits per heavy atom. The molecular weight excluding hydrogens is 694 g/mol. The largest absolute Gasteiger partial charge is 0.478 e. The number of halogens is 5. The first-order valence-corrected chi connectivity index (χ1v) is 16.2. The number of carboxylic acids is 1. The number of benzene rings is 4. The molecule has 9 nitrogen and oxygen atoms in total. The molecule has 0 spiro atoms. The van der Waals surface area contributed by atoms with Crippen LogP contribution < -0.4 is 9.54 Å². The van der Waals surface area contributed by atoms with E-state index >= 15 is 0 Å². The van der Waals surface area contributed by atoms with Gasteiger partial charge in [-0.15, -0.1) is 0 Å². The SMILES string of the molecule is O=C(O)c1cccc(Oc2cccc(-c3nn(Cc4ccc(C(F)(F)P(=O)(O)O)c(Cl)c4)/c(=N\c4ccc(Cl)c(Cl)c4)s3)c2)c1. The predicted octanol–water partition coefficient (Wildman–Crippen LogP) is 8.57. The summed E-state index contributed by atoms with van der Waals surface area (Å²) in [6.07, 6.45) is 0. The molecule has 0 bridgehead atoms. The predicted molar refractivity (Wildman–Crippen MR) is 167 cm³/mol. The highest BCUT2D eigenvalue weighted by atomic mass is 35.5. The maximum atomic E-state index is 14.3. The zero-order valence-corrected chi connectivity index (χ0v) is 26.4. The molecule has 0 radical (unpaired) electrons. The van der Waals surface area contributed by atoms with E-state index in [0.29, 0.717) is 43.1 Å². The second-order valence-corrected chi connectivity index (χ2v) is 13.2. The first kappa shape index (κ1) is 32.8. The molecule has 0 atom stereocenters. The van der Waals surface area contributed by atoms with Gasteiger partial charge in [-0.25, -0.2) is 14.5 Å². The van der Waals surface area contributed by atoms with Crippen LogP contribution in [0.1, 0.15) is 21.5 Å². The summed E-state index contributed by atoms with van der Waals surface area (Å²) in [4.78, 5) is 34.6. The molecule has 0 saturated carbocycles. The number of aromatic carboxylic acids is 1. The molecular formula is C29H19Cl3F2N3O6PS. The number of carbonyl (C=O) groups is 1. The van der Waals surface area contributed by atoms with E-state index in [4.69, 9.17) is 49.3 Å². The molecule has 232 valence electrons. The summed E-state index contributed by atoms with van der Waals surface area (Å²) >= 11 is 19.5. The average Bonchev–Trinajstić information content (AvgIpc) is 3.36. The van der Waals surface area contributed by atoms with Crippen LogP contribution in [0.15, 0.2) is 89.9 Å². The fourth-order valence-electron chi connectivity index (χ4n) is 4.03. The molecule has 0 amide bonds. The lowest BCUT2D eigenvalue weighted by Gasteiger charge is -2.19. The molecule has 1 heterocycles. The number of rotatable bonds is 9. The van der Waals surface area contributed by atoms with E-state index in [2.05, 4.69) is 10.1 Å². The van der Waals surface area contributed by atoms with Gasteiger partial charge in [-0.05, 0) is 60.2 Å². The fourth-order valence-corrected chi connectivity index (χ4v) is 6.14. The Hall–Kier alpha value is -3.61. The van der Waals surface area contributed by atoms with Crippen molar-refractivity contribution in [1.82, 2.24) is 9.78 Å². The van der Waals surface area contributed by atoms with Gasteiger partial charge >= 0.3 is 19.2 Å². The quantitative estimate of drug-likeness (QED) is 0.130. The molecule has 45 heavy (non-hydrogen) atoms. The topological polar surface area (TPSA) is 134 Å². The molecule has 3 N–H and O–H groups in total. The monoisotopic (exact) mass is 711 g/mol. The van der Waals surface area contributed by atoms with Crippen molar-refractivity contribution >= 4 is 65.4 Å². The van der Waals surface area contributed by atoms with Crippen LogP contribution in [0.4, 0.5) is 14.5 Å². The van der Waals surface area contributed by atoms with Gasteiger partial charge in [0.15, 0.2) is 0 Å². The minimum absolute atomic E-state index is 0.00366. The number of carboxylic acid groups (broad SMARTS) is 1. The number of aromatic nitrogens is 2. The summed E-state index contributed by atoms with van der Waals surface area (Å²) in [7, 11) is -5.82. The Balaban J connectivity index is 1.53. The first-order chi connectivity index (χ1) is 21.2. The smallest absolute Gasteiger partial charge is 0.399 e. The van der Waals surface area contributed by atoms with Gasteiger partial charge in [0.25, 0.3) is 0 Å². The molecule has 5 rings (SSSR count). The molecule has 0 aliphatic carbocycles. The van der Waals surface area contributed by atoms with Crippen molar-refractivity contribution in [3.05, 3.63) is 121 Å². The van der Waals surface area contributed by atoms with Gasteiger partial charge in [0.1, 0.15) is 16.5 Å². The lowest BCUT2D eigenvalue weighted by Crippen LogP contribution is -2.18. The van der Waals surface area contributed by atoms with E-state index in [1.165, 1.54) is 40.3 Å². The van der Waals surface area contributed by atoms with Crippen LogP contribution in [0.25, 0.3) is 10.6 Å². The normalized spacial score (nSPS) is 12.4. The Bertz CT molecular complexity index is 2050. The van der Waals surface area contributed by atoms with Crippen LogP contribution in [0, 0.1) is 0 Å². The zero-order valence-electron chi connectivity index (χ0n) is 22.4. The average molecular weight is 713 g/mol. The van der Waals surface area contributed by atoms with E-state index in [9.17, 15) is 23.2 Å². The maximum absolute atomic E-state index is 14.3. The van der Waals surface area contributed by atoms with Crippen LogP contribution in [0.3, 0.4) is 0 Å². The molecule has 0 unspecified atom stereocenters. The van der Waals surface area contributed by atoms with E-state index < -0.39 is 29.8 Å². The van der Waals surface area contributed by atoms with Crippen molar-refractivity contribution in [1.29, 1.82) is 0 Å². The Morgan fingerprint density at radius 1 is 0.933 bits per heavy atom. The number of alkyl halides is 2. The van der Waals surface area contributed by atoms with Crippen molar-refractivity contribution in [3.8, 4) is 22.1 Å². The van der Waals surface area contributed by atoms with Gasteiger partial charge < -0.3 is 19.6 Å². The third kappa shape index (κ3) is 7.45. The van der Waals surface area contributed by atoms with E-state index in [1.54, 1.807) is 54.6 Å². The first-order valence-electron chi connectivity index (χ1n) is 12.6. The molecule has 5 aromatic rings. The van der Waals surface area contributed by atoms with Crippen LogP contribution in [-0.2, 0) is 16.8 Å². The van der Waals surface area contributed by atoms with Gasteiger partial charge in [-0.2, -0.15) is 13.9 Å². The summed E-state index contributed by atoms with van der Waals surface area (Å²) in [5.74, 6) is -0.361.